The minimum Gasteiger partial charge on any atom is -0.508 e. The van der Waals surface area contributed by atoms with Gasteiger partial charge in [-0.1, -0.05) is 0 Å². The Balaban J connectivity index is 3.10. The largest absolute Gasteiger partial charge is 0.508 e. The molecule has 0 fully saturated rings. The molecule has 0 amide bonds. The summed E-state index contributed by atoms with van der Waals surface area (Å²) in [5.74, 6) is 0.198. The summed E-state index contributed by atoms with van der Waals surface area (Å²) >= 11 is 2.22. The summed E-state index contributed by atoms with van der Waals surface area (Å²) in [7, 11) is 0. The Morgan fingerprint density at radius 2 is 2.31 bits per heavy atom. The highest BCUT2D eigenvalue weighted by Crippen LogP contribution is 2.29. The van der Waals surface area contributed by atoms with Gasteiger partial charge in [-0.3, -0.25) is 0 Å². The van der Waals surface area contributed by atoms with Gasteiger partial charge in [-0.2, -0.15) is 0 Å². The lowest BCUT2D eigenvalue weighted by Gasteiger charge is -2.08. The molecular formula is C8H10IN2OP. The second kappa shape index (κ2) is 4.77. The fourth-order valence-corrected chi connectivity index (χ4v) is 2.19. The van der Waals surface area contributed by atoms with Crippen molar-refractivity contribution in [1.29, 1.82) is 5.41 Å². The lowest BCUT2D eigenvalue weighted by molar-refractivity contribution is 0.475. The average molecular weight is 308 g/mol. The van der Waals surface area contributed by atoms with Crippen LogP contribution in [0.2, 0.25) is 0 Å². The second-order valence-corrected chi connectivity index (χ2v) is 4.63. The van der Waals surface area contributed by atoms with Gasteiger partial charge in [0.1, 0.15) is 5.75 Å². The first-order valence-corrected chi connectivity index (χ1v) is 7.76. The molecule has 0 heterocycles. The summed E-state index contributed by atoms with van der Waals surface area (Å²) in [6.07, 6.45) is 0.563. The molecule has 0 saturated carbocycles. The molecule has 0 aliphatic carbocycles. The SMILES string of the molecule is CC(=N)c1cc(O)ccc1NPI. The Bertz CT molecular complexity index is 330. The maximum atomic E-state index is 9.23. The number of anilines is 1. The van der Waals surface area contributed by atoms with Gasteiger partial charge in [-0.15, -0.1) is 0 Å². The molecule has 1 aromatic carbocycles. The van der Waals surface area contributed by atoms with Crippen molar-refractivity contribution in [2.75, 3.05) is 5.09 Å². The van der Waals surface area contributed by atoms with Crippen molar-refractivity contribution >= 4 is 39.8 Å². The van der Waals surface area contributed by atoms with Crippen LogP contribution in [0.3, 0.4) is 0 Å². The molecule has 1 rings (SSSR count). The van der Waals surface area contributed by atoms with E-state index in [9.17, 15) is 5.11 Å². The van der Waals surface area contributed by atoms with Crippen LogP contribution in [0.5, 0.6) is 5.75 Å². The van der Waals surface area contributed by atoms with Crippen LogP contribution in [-0.2, 0) is 0 Å². The monoisotopic (exact) mass is 308 g/mol. The molecule has 1 atom stereocenters. The molecule has 0 aliphatic rings. The molecular weight excluding hydrogens is 298 g/mol. The van der Waals surface area contributed by atoms with E-state index in [2.05, 4.69) is 27.1 Å². The van der Waals surface area contributed by atoms with Crippen LogP contribution in [0, 0.1) is 5.41 Å². The zero-order chi connectivity index (χ0) is 9.84. The Labute approximate surface area is 91.8 Å². The van der Waals surface area contributed by atoms with Crippen LogP contribution in [0.15, 0.2) is 18.2 Å². The van der Waals surface area contributed by atoms with Gasteiger partial charge in [0.25, 0.3) is 0 Å². The molecule has 1 aromatic rings. The molecule has 0 saturated heterocycles. The van der Waals surface area contributed by atoms with E-state index >= 15 is 0 Å². The van der Waals surface area contributed by atoms with Crippen LogP contribution >= 0.6 is 28.4 Å². The second-order valence-electron chi connectivity index (χ2n) is 2.57. The summed E-state index contributed by atoms with van der Waals surface area (Å²) < 4.78 is 0. The van der Waals surface area contributed by atoms with E-state index in [-0.39, 0.29) is 5.75 Å². The minimum absolute atomic E-state index is 0.198. The van der Waals surface area contributed by atoms with E-state index in [1.807, 2.05) is 0 Å². The van der Waals surface area contributed by atoms with Gasteiger partial charge in [-0.05, 0) is 47.2 Å². The van der Waals surface area contributed by atoms with Crippen LogP contribution in [0.4, 0.5) is 5.69 Å². The first-order chi connectivity index (χ1) is 6.15. The smallest absolute Gasteiger partial charge is 0.116 e. The number of halogens is 1. The number of hydrogen-bond acceptors (Lipinski definition) is 3. The Morgan fingerprint density at radius 1 is 1.62 bits per heavy atom. The van der Waals surface area contributed by atoms with Gasteiger partial charge in [-0.25, -0.2) is 0 Å². The molecule has 0 radical (unpaired) electrons. The summed E-state index contributed by atoms with van der Waals surface area (Å²) in [5, 5.41) is 19.9. The first-order valence-electron chi connectivity index (χ1n) is 3.65. The highest BCUT2D eigenvalue weighted by molar-refractivity contribution is 14.2. The van der Waals surface area contributed by atoms with Crippen molar-refractivity contribution in [1.82, 2.24) is 0 Å². The van der Waals surface area contributed by atoms with E-state index in [0.717, 1.165) is 11.3 Å². The molecule has 0 spiro atoms. The number of phenols is 1. The van der Waals surface area contributed by atoms with Gasteiger partial charge in [0.15, 0.2) is 0 Å². The zero-order valence-electron chi connectivity index (χ0n) is 7.06. The third kappa shape index (κ3) is 2.81. The first kappa shape index (κ1) is 10.7. The fourth-order valence-electron chi connectivity index (χ4n) is 1.00. The van der Waals surface area contributed by atoms with Gasteiger partial charge >= 0.3 is 0 Å². The maximum absolute atomic E-state index is 9.23. The molecule has 0 aromatic heterocycles. The Hall–Kier alpha value is -0.350. The topological polar surface area (TPSA) is 56.1 Å². The molecule has 3 nitrogen and oxygen atoms in total. The van der Waals surface area contributed by atoms with Crippen molar-refractivity contribution in [3.8, 4) is 5.75 Å². The van der Waals surface area contributed by atoms with E-state index in [0.29, 0.717) is 12.1 Å². The van der Waals surface area contributed by atoms with Gasteiger partial charge in [0.05, 0.1) is 0 Å². The summed E-state index contributed by atoms with van der Waals surface area (Å²) in [5.41, 5.74) is 2.11. The number of phenolic OH excluding ortho intramolecular Hbond substituents is 1. The molecule has 3 N–H and O–H groups in total. The zero-order valence-corrected chi connectivity index (χ0v) is 10.2. The summed E-state index contributed by atoms with van der Waals surface area (Å²) in [6.45, 7) is 1.70. The van der Waals surface area contributed by atoms with Crippen LogP contribution in [0.1, 0.15) is 12.5 Å². The predicted octanol–water partition coefficient (Wildman–Crippen LogP) is 3.14. The molecule has 13 heavy (non-hydrogen) atoms. The van der Waals surface area contributed by atoms with Gasteiger partial charge < -0.3 is 15.6 Å². The van der Waals surface area contributed by atoms with E-state index in [1.165, 1.54) is 0 Å². The third-order valence-corrected chi connectivity index (χ3v) is 2.76. The van der Waals surface area contributed by atoms with Gasteiger partial charge in [0.2, 0.25) is 0 Å². The van der Waals surface area contributed by atoms with Crippen LogP contribution in [-0.4, -0.2) is 10.8 Å². The van der Waals surface area contributed by atoms with Crippen molar-refractivity contribution < 1.29 is 5.11 Å². The highest BCUT2D eigenvalue weighted by atomic mass is 127. The number of aromatic hydroxyl groups is 1. The van der Waals surface area contributed by atoms with E-state index in [1.54, 1.807) is 25.1 Å². The van der Waals surface area contributed by atoms with Crippen LogP contribution in [0.25, 0.3) is 0 Å². The molecule has 5 heteroatoms. The molecule has 0 aliphatic heterocycles. The standard InChI is InChI=1S/C8H10IN2OP/c1-5(10)7-4-6(12)2-3-8(7)11-13-9/h2-4,10-13H,1H3. The maximum Gasteiger partial charge on any atom is 0.116 e. The number of nitrogens with one attached hydrogen (secondary N) is 2. The lowest BCUT2D eigenvalue weighted by Crippen LogP contribution is -1.96. The van der Waals surface area contributed by atoms with Crippen LogP contribution < -0.4 is 5.09 Å². The predicted molar refractivity (Wildman–Crippen MR) is 66.6 cm³/mol. The van der Waals surface area contributed by atoms with Crippen molar-refractivity contribution in [3.05, 3.63) is 23.8 Å². The van der Waals surface area contributed by atoms with Crippen molar-refractivity contribution in [2.24, 2.45) is 0 Å². The normalized spacial score (nSPS) is 10.6. The van der Waals surface area contributed by atoms with Gasteiger partial charge in [0, 0.05) is 23.3 Å². The van der Waals surface area contributed by atoms with Crippen molar-refractivity contribution in [2.45, 2.75) is 6.92 Å². The van der Waals surface area contributed by atoms with E-state index < -0.39 is 0 Å². The molecule has 1 unspecified atom stereocenters. The fraction of sp³-hybridized carbons (Fsp3) is 0.125. The number of rotatable bonds is 3. The summed E-state index contributed by atoms with van der Waals surface area (Å²) in [4.78, 5) is 0. The number of hydrogen-bond donors (Lipinski definition) is 3. The Morgan fingerprint density at radius 3 is 2.85 bits per heavy atom. The minimum atomic E-state index is 0.198. The van der Waals surface area contributed by atoms with E-state index in [4.69, 9.17) is 5.41 Å². The third-order valence-electron chi connectivity index (χ3n) is 1.59. The molecule has 0 bridgehead atoms. The average Bonchev–Trinajstić information content (AvgIpc) is 2.08. The van der Waals surface area contributed by atoms with Crippen molar-refractivity contribution in [3.63, 3.8) is 0 Å². The summed E-state index contributed by atoms with van der Waals surface area (Å²) in [6, 6.07) is 5.00. The quantitative estimate of drug-likeness (QED) is 0.348. The number of benzene rings is 1. The molecule has 70 valence electrons. The highest BCUT2D eigenvalue weighted by Gasteiger charge is 2.04. The Kier molecular flexibility index (Phi) is 3.93. The lowest BCUT2D eigenvalue weighted by atomic mass is 10.1.